The van der Waals surface area contributed by atoms with Gasteiger partial charge in [-0.15, -0.1) is 0 Å². The molecule has 0 aromatic carbocycles. The normalized spacial score (nSPS) is 18.4. The zero-order chi connectivity index (χ0) is 27.4. The van der Waals surface area contributed by atoms with E-state index in [1.165, 1.54) is 26.2 Å². The van der Waals surface area contributed by atoms with Gasteiger partial charge in [0.1, 0.15) is 12.2 Å². The van der Waals surface area contributed by atoms with Gasteiger partial charge in [0.05, 0.1) is 52.1 Å². The third kappa shape index (κ3) is 5.92. The van der Waals surface area contributed by atoms with E-state index in [2.05, 4.69) is 32.1 Å². The SMILES string of the molecule is CNC(=O)[C@H]1CC[C@@H](Nc2cc(-c3ccc4cc(C#N)cnn34)ncc2C(=O)NC[C@@H](F)C(C)(C)O)CC1. The number of carbonyl (C=O) groups is 2. The van der Waals surface area contributed by atoms with Crippen LogP contribution in [-0.2, 0) is 4.79 Å². The third-order valence-electron chi connectivity index (χ3n) is 6.95. The number of carbonyl (C=O) groups excluding carboxylic acids is 2. The highest BCUT2D eigenvalue weighted by Crippen LogP contribution is 2.30. The number of anilines is 1. The van der Waals surface area contributed by atoms with E-state index in [9.17, 15) is 19.1 Å². The Morgan fingerprint density at radius 2 is 1.97 bits per heavy atom. The first-order valence-electron chi connectivity index (χ1n) is 12.6. The molecule has 0 saturated heterocycles. The van der Waals surface area contributed by atoms with Gasteiger partial charge in [-0.2, -0.15) is 10.4 Å². The number of amides is 2. The number of hydrogen-bond donors (Lipinski definition) is 4. The molecule has 3 aromatic heterocycles. The van der Waals surface area contributed by atoms with E-state index >= 15 is 0 Å². The van der Waals surface area contributed by atoms with E-state index in [4.69, 9.17) is 5.26 Å². The van der Waals surface area contributed by atoms with E-state index in [0.717, 1.165) is 31.2 Å². The molecular weight excluding hydrogens is 489 g/mol. The van der Waals surface area contributed by atoms with Crippen molar-refractivity contribution in [2.24, 2.45) is 5.92 Å². The van der Waals surface area contributed by atoms with Crippen LogP contribution in [0.4, 0.5) is 10.1 Å². The monoisotopic (exact) mass is 521 g/mol. The largest absolute Gasteiger partial charge is 0.387 e. The van der Waals surface area contributed by atoms with Crippen molar-refractivity contribution in [3.63, 3.8) is 0 Å². The molecule has 0 radical (unpaired) electrons. The Morgan fingerprint density at radius 1 is 1.24 bits per heavy atom. The quantitative estimate of drug-likeness (QED) is 0.357. The summed E-state index contributed by atoms with van der Waals surface area (Å²) in [7, 11) is 1.64. The molecule has 1 saturated carbocycles. The molecule has 3 aromatic rings. The van der Waals surface area contributed by atoms with Gasteiger partial charge < -0.3 is 21.1 Å². The molecular formula is C27H32FN7O3. The van der Waals surface area contributed by atoms with Gasteiger partial charge in [0.25, 0.3) is 5.91 Å². The summed E-state index contributed by atoms with van der Waals surface area (Å²) < 4.78 is 15.9. The number of nitrogens with one attached hydrogen (secondary N) is 3. The minimum Gasteiger partial charge on any atom is -0.387 e. The molecule has 0 aliphatic heterocycles. The lowest BCUT2D eigenvalue weighted by Gasteiger charge is -2.29. The third-order valence-corrected chi connectivity index (χ3v) is 6.95. The molecule has 38 heavy (non-hydrogen) atoms. The van der Waals surface area contributed by atoms with E-state index in [1.807, 2.05) is 12.1 Å². The zero-order valence-corrected chi connectivity index (χ0v) is 21.7. The highest BCUT2D eigenvalue weighted by molar-refractivity contribution is 6.00. The highest BCUT2D eigenvalue weighted by atomic mass is 19.1. The molecule has 0 unspecified atom stereocenters. The van der Waals surface area contributed by atoms with E-state index in [1.54, 1.807) is 23.7 Å². The molecule has 3 heterocycles. The van der Waals surface area contributed by atoms with Crippen LogP contribution in [0.25, 0.3) is 16.9 Å². The summed E-state index contributed by atoms with van der Waals surface area (Å²) in [6, 6.07) is 9.24. The van der Waals surface area contributed by atoms with Crippen molar-refractivity contribution in [1.29, 1.82) is 5.26 Å². The fourth-order valence-electron chi connectivity index (χ4n) is 4.60. The maximum Gasteiger partial charge on any atom is 0.255 e. The minimum absolute atomic E-state index is 0.0309. The topological polar surface area (TPSA) is 144 Å². The van der Waals surface area contributed by atoms with Crippen LogP contribution < -0.4 is 16.0 Å². The number of alkyl halides is 1. The summed E-state index contributed by atoms with van der Waals surface area (Å²) >= 11 is 0. The van der Waals surface area contributed by atoms with Crippen molar-refractivity contribution in [3.05, 3.63) is 47.8 Å². The predicted molar refractivity (Wildman–Crippen MR) is 140 cm³/mol. The summed E-state index contributed by atoms with van der Waals surface area (Å²) in [5.74, 6) is -0.516. The number of aromatic nitrogens is 3. The van der Waals surface area contributed by atoms with Gasteiger partial charge in [0, 0.05) is 25.2 Å². The van der Waals surface area contributed by atoms with Crippen LogP contribution in [0.3, 0.4) is 0 Å². The molecule has 10 nitrogen and oxygen atoms in total. The van der Waals surface area contributed by atoms with Gasteiger partial charge in [0.2, 0.25) is 5.91 Å². The molecule has 4 N–H and O–H groups in total. The predicted octanol–water partition coefficient (Wildman–Crippen LogP) is 2.82. The van der Waals surface area contributed by atoms with Crippen LogP contribution in [0.15, 0.2) is 36.7 Å². The van der Waals surface area contributed by atoms with E-state index in [-0.39, 0.29) is 30.0 Å². The average molecular weight is 522 g/mol. The maximum absolute atomic E-state index is 14.3. The molecule has 11 heteroatoms. The fourth-order valence-corrected chi connectivity index (χ4v) is 4.60. The van der Waals surface area contributed by atoms with Gasteiger partial charge in [-0.05, 0) is 63.8 Å². The second-order valence-corrected chi connectivity index (χ2v) is 10.2. The highest BCUT2D eigenvalue weighted by Gasteiger charge is 2.29. The molecule has 1 aliphatic rings. The van der Waals surface area contributed by atoms with Crippen molar-refractivity contribution >= 4 is 23.0 Å². The standard InChI is InChI=1S/C27H32FN7O3/c1-27(2,38)24(28)15-32-26(37)20-14-31-22(23-9-8-19-10-16(12-29)13-33-35(19)23)11-21(20)34-18-6-4-17(5-7-18)25(36)30-3/h8-11,13-14,17-18,24,38H,4-7,15H2,1-3H3,(H,30,36)(H,31,34)(H,32,37)/t17-,18+,24-/m1/s1. The minimum atomic E-state index is -1.65. The van der Waals surface area contributed by atoms with Gasteiger partial charge >= 0.3 is 0 Å². The van der Waals surface area contributed by atoms with Crippen LogP contribution >= 0.6 is 0 Å². The van der Waals surface area contributed by atoms with E-state index < -0.39 is 17.7 Å². The van der Waals surface area contributed by atoms with Crippen molar-refractivity contribution < 1.29 is 19.1 Å². The van der Waals surface area contributed by atoms with Crippen molar-refractivity contribution in [2.45, 2.75) is 57.3 Å². The Kier molecular flexibility index (Phi) is 7.92. The number of nitriles is 1. The Hall–Kier alpha value is -4.04. The molecule has 2 amide bonds. The molecule has 1 atom stereocenters. The lowest BCUT2D eigenvalue weighted by molar-refractivity contribution is -0.125. The second kappa shape index (κ2) is 11.1. The molecule has 0 bridgehead atoms. The molecule has 1 fully saturated rings. The Labute approximate surface area is 220 Å². The van der Waals surface area contributed by atoms with Gasteiger partial charge in [-0.1, -0.05) is 0 Å². The van der Waals surface area contributed by atoms with Crippen molar-refractivity contribution in [1.82, 2.24) is 25.2 Å². The zero-order valence-electron chi connectivity index (χ0n) is 21.7. The number of rotatable bonds is 8. The number of nitrogens with zero attached hydrogens (tertiary/aromatic N) is 4. The lowest BCUT2D eigenvalue weighted by Crippen LogP contribution is -2.42. The molecule has 1 aliphatic carbocycles. The average Bonchev–Trinajstić information content (AvgIpc) is 3.34. The smallest absolute Gasteiger partial charge is 0.255 e. The summed E-state index contributed by atoms with van der Waals surface area (Å²) in [6.07, 6.45) is 4.19. The summed E-state index contributed by atoms with van der Waals surface area (Å²) in [5, 5.41) is 32.1. The number of fused-ring (bicyclic) bond motifs is 1. The Morgan fingerprint density at radius 3 is 2.63 bits per heavy atom. The lowest BCUT2D eigenvalue weighted by atomic mass is 9.85. The van der Waals surface area contributed by atoms with Crippen molar-refractivity contribution in [2.75, 3.05) is 18.9 Å². The van der Waals surface area contributed by atoms with Crippen LogP contribution in [0, 0.1) is 17.2 Å². The fraction of sp³-hybridized carbons (Fsp3) is 0.444. The van der Waals surface area contributed by atoms with Crippen LogP contribution in [-0.4, -0.2) is 62.9 Å². The first-order valence-corrected chi connectivity index (χ1v) is 12.6. The van der Waals surface area contributed by atoms with Crippen LogP contribution in [0.5, 0.6) is 0 Å². The van der Waals surface area contributed by atoms with E-state index in [0.29, 0.717) is 22.6 Å². The Balaban J connectivity index is 1.62. The van der Waals surface area contributed by atoms with Crippen LogP contribution in [0.1, 0.15) is 55.5 Å². The number of hydrogen-bond acceptors (Lipinski definition) is 7. The summed E-state index contributed by atoms with van der Waals surface area (Å²) in [6.45, 7) is 2.34. The summed E-state index contributed by atoms with van der Waals surface area (Å²) in [5.41, 5.74) is 1.58. The van der Waals surface area contributed by atoms with Crippen LogP contribution in [0.2, 0.25) is 0 Å². The molecule has 200 valence electrons. The maximum atomic E-state index is 14.3. The first kappa shape index (κ1) is 27.0. The Bertz CT molecular complexity index is 1370. The molecule has 4 rings (SSSR count). The number of pyridine rings is 1. The first-order chi connectivity index (χ1) is 18.1. The second-order valence-electron chi connectivity index (χ2n) is 10.2. The molecule has 0 spiro atoms. The van der Waals surface area contributed by atoms with Crippen molar-refractivity contribution in [3.8, 4) is 17.5 Å². The number of aliphatic hydroxyl groups is 1. The van der Waals surface area contributed by atoms with Gasteiger partial charge in [-0.25, -0.2) is 8.91 Å². The van der Waals surface area contributed by atoms with Gasteiger partial charge in [0.15, 0.2) is 0 Å². The van der Waals surface area contributed by atoms with Gasteiger partial charge in [-0.3, -0.25) is 14.6 Å². The summed E-state index contributed by atoms with van der Waals surface area (Å²) in [4.78, 5) is 29.6. The number of halogens is 1.